The van der Waals surface area contributed by atoms with Crippen molar-refractivity contribution in [2.75, 3.05) is 6.61 Å². The Balaban J connectivity index is 2.25. The van der Waals surface area contributed by atoms with Gasteiger partial charge in [0.25, 0.3) is 0 Å². The van der Waals surface area contributed by atoms with Crippen molar-refractivity contribution < 1.29 is 5.11 Å². The van der Waals surface area contributed by atoms with Gasteiger partial charge >= 0.3 is 0 Å². The zero-order valence-electron chi connectivity index (χ0n) is 6.55. The number of hydrogen-bond acceptors (Lipinski definition) is 1. The zero-order valence-corrected chi connectivity index (χ0v) is 6.55. The van der Waals surface area contributed by atoms with Crippen LogP contribution in [0.4, 0.5) is 0 Å². The Morgan fingerprint density at radius 3 is 2.60 bits per heavy atom. The van der Waals surface area contributed by atoms with Crippen LogP contribution in [-0.4, -0.2) is 11.7 Å². The maximum Gasteiger partial charge on any atom is 0.0459 e. The second-order valence-corrected chi connectivity index (χ2v) is 3.37. The molecular weight excluding hydrogens is 124 g/mol. The Kier molecular flexibility index (Phi) is 3.20. The van der Waals surface area contributed by atoms with Gasteiger partial charge in [0.1, 0.15) is 0 Å². The Morgan fingerprint density at radius 2 is 2.00 bits per heavy atom. The molecule has 0 aromatic heterocycles. The molecule has 0 aromatic rings. The van der Waals surface area contributed by atoms with E-state index in [9.17, 15) is 0 Å². The van der Waals surface area contributed by atoms with Crippen LogP contribution in [0.15, 0.2) is 0 Å². The summed E-state index contributed by atoms with van der Waals surface area (Å²) >= 11 is 0. The quantitative estimate of drug-likeness (QED) is 0.623. The van der Waals surface area contributed by atoms with Crippen molar-refractivity contribution in [3.63, 3.8) is 0 Å². The molecule has 0 heterocycles. The fourth-order valence-electron chi connectivity index (χ4n) is 1.83. The standard InChI is InChI=1S/C9H17O/c1-2-8-4-3-5-9(6-8)7-10/h8-10H,1-7H2. The third kappa shape index (κ3) is 1.98. The average Bonchev–Trinajstić information content (AvgIpc) is 2.05. The molecule has 1 N–H and O–H groups in total. The van der Waals surface area contributed by atoms with Crippen LogP contribution in [0.1, 0.15) is 32.1 Å². The van der Waals surface area contributed by atoms with Crippen LogP contribution < -0.4 is 0 Å². The first kappa shape index (κ1) is 8.06. The summed E-state index contributed by atoms with van der Waals surface area (Å²) in [6, 6.07) is 0. The molecule has 1 rings (SSSR count). The molecule has 0 bridgehead atoms. The van der Waals surface area contributed by atoms with E-state index in [1.165, 1.54) is 25.7 Å². The minimum Gasteiger partial charge on any atom is -0.396 e. The molecule has 59 valence electrons. The van der Waals surface area contributed by atoms with Gasteiger partial charge in [-0.05, 0) is 24.7 Å². The second-order valence-electron chi connectivity index (χ2n) is 3.37. The molecule has 0 aromatic carbocycles. The lowest BCUT2D eigenvalue weighted by Gasteiger charge is -2.26. The van der Waals surface area contributed by atoms with Gasteiger partial charge in [-0.25, -0.2) is 0 Å². The van der Waals surface area contributed by atoms with Crippen LogP contribution in [0.25, 0.3) is 0 Å². The van der Waals surface area contributed by atoms with E-state index in [-0.39, 0.29) is 0 Å². The summed E-state index contributed by atoms with van der Waals surface area (Å²) in [5, 5.41) is 8.88. The molecule has 1 nitrogen and oxygen atoms in total. The third-order valence-corrected chi connectivity index (χ3v) is 2.56. The van der Waals surface area contributed by atoms with Crippen LogP contribution in [0.3, 0.4) is 0 Å². The van der Waals surface area contributed by atoms with Gasteiger partial charge in [-0.3, -0.25) is 0 Å². The summed E-state index contributed by atoms with van der Waals surface area (Å²) in [6.07, 6.45) is 6.12. The number of aliphatic hydroxyl groups is 1. The highest BCUT2D eigenvalue weighted by molar-refractivity contribution is 4.72. The monoisotopic (exact) mass is 141 g/mol. The van der Waals surface area contributed by atoms with E-state index in [0.717, 1.165) is 12.3 Å². The van der Waals surface area contributed by atoms with Crippen molar-refractivity contribution in [3.8, 4) is 0 Å². The molecule has 1 radical (unpaired) electrons. The number of hydrogen-bond donors (Lipinski definition) is 1. The second kappa shape index (κ2) is 3.97. The van der Waals surface area contributed by atoms with Crippen LogP contribution >= 0.6 is 0 Å². The van der Waals surface area contributed by atoms with Crippen molar-refractivity contribution in [1.82, 2.24) is 0 Å². The molecule has 1 heteroatoms. The van der Waals surface area contributed by atoms with E-state index < -0.39 is 0 Å². The van der Waals surface area contributed by atoms with Crippen LogP contribution in [-0.2, 0) is 0 Å². The first-order valence-electron chi connectivity index (χ1n) is 4.27. The highest BCUT2D eigenvalue weighted by atomic mass is 16.3. The molecule has 2 atom stereocenters. The molecule has 1 saturated carbocycles. The average molecular weight is 141 g/mol. The Bertz CT molecular complexity index is 80.7. The van der Waals surface area contributed by atoms with Crippen molar-refractivity contribution in [2.45, 2.75) is 32.1 Å². The van der Waals surface area contributed by atoms with Crippen molar-refractivity contribution >= 4 is 0 Å². The molecule has 1 aliphatic rings. The summed E-state index contributed by atoms with van der Waals surface area (Å²) in [6.45, 7) is 4.28. The third-order valence-electron chi connectivity index (χ3n) is 2.56. The molecular formula is C9H17O. The topological polar surface area (TPSA) is 20.2 Å². The lowest BCUT2D eigenvalue weighted by Crippen LogP contribution is -2.17. The smallest absolute Gasteiger partial charge is 0.0459 e. The summed E-state index contributed by atoms with van der Waals surface area (Å²) in [7, 11) is 0. The zero-order chi connectivity index (χ0) is 7.40. The van der Waals surface area contributed by atoms with Crippen molar-refractivity contribution in [1.29, 1.82) is 0 Å². The van der Waals surface area contributed by atoms with E-state index in [1.54, 1.807) is 0 Å². The Hall–Kier alpha value is -0.0400. The van der Waals surface area contributed by atoms with Crippen LogP contribution in [0, 0.1) is 18.8 Å². The summed E-state index contributed by atoms with van der Waals surface area (Å²) < 4.78 is 0. The lowest BCUT2D eigenvalue weighted by atomic mass is 9.81. The van der Waals surface area contributed by atoms with Gasteiger partial charge in [0.05, 0.1) is 0 Å². The molecule has 2 unspecified atom stereocenters. The van der Waals surface area contributed by atoms with Gasteiger partial charge in [0.2, 0.25) is 0 Å². The molecule has 0 saturated heterocycles. The predicted molar refractivity (Wildman–Crippen MR) is 42.5 cm³/mol. The molecule has 1 fully saturated rings. The number of rotatable bonds is 2. The summed E-state index contributed by atoms with van der Waals surface area (Å²) in [4.78, 5) is 0. The minimum absolute atomic E-state index is 0.385. The van der Waals surface area contributed by atoms with Gasteiger partial charge in [0.15, 0.2) is 0 Å². The van der Waals surface area contributed by atoms with Gasteiger partial charge in [-0.2, -0.15) is 0 Å². The maximum absolute atomic E-state index is 8.88. The van der Waals surface area contributed by atoms with E-state index in [0.29, 0.717) is 12.5 Å². The first-order chi connectivity index (χ1) is 4.86. The van der Waals surface area contributed by atoms with E-state index in [1.807, 2.05) is 0 Å². The maximum atomic E-state index is 8.88. The number of aliphatic hydroxyl groups excluding tert-OH is 1. The van der Waals surface area contributed by atoms with E-state index in [4.69, 9.17) is 5.11 Å². The Labute approximate surface area is 63.4 Å². The fourth-order valence-corrected chi connectivity index (χ4v) is 1.83. The summed E-state index contributed by atoms with van der Waals surface area (Å²) in [5.74, 6) is 1.38. The normalized spacial score (nSPS) is 34.2. The Morgan fingerprint density at radius 1 is 1.30 bits per heavy atom. The molecule has 0 amide bonds. The van der Waals surface area contributed by atoms with Gasteiger partial charge < -0.3 is 5.11 Å². The molecule has 1 aliphatic carbocycles. The first-order valence-corrected chi connectivity index (χ1v) is 4.27. The largest absolute Gasteiger partial charge is 0.396 e. The van der Waals surface area contributed by atoms with Gasteiger partial charge in [0, 0.05) is 6.61 Å². The minimum atomic E-state index is 0.385. The van der Waals surface area contributed by atoms with Crippen LogP contribution in [0.5, 0.6) is 0 Å². The van der Waals surface area contributed by atoms with E-state index in [2.05, 4.69) is 6.92 Å². The molecule has 0 spiro atoms. The molecule has 0 aliphatic heterocycles. The van der Waals surface area contributed by atoms with Gasteiger partial charge in [-0.15, -0.1) is 0 Å². The predicted octanol–water partition coefficient (Wildman–Crippen LogP) is 2.01. The van der Waals surface area contributed by atoms with Crippen molar-refractivity contribution in [2.24, 2.45) is 11.8 Å². The lowest BCUT2D eigenvalue weighted by molar-refractivity contribution is 0.161. The SMILES string of the molecule is [CH2]CC1CCCC(CO)C1. The highest BCUT2D eigenvalue weighted by Gasteiger charge is 2.19. The van der Waals surface area contributed by atoms with Gasteiger partial charge in [-0.1, -0.05) is 26.2 Å². The summed E-state index contributed by atoms with van der Waals surface area (Å²) in [5.41, 5.74) is 0. The highest BCUT2D eigenvalue weighted by Crippen LogP contribution is 2.30. The van der Waals surface area contributed by atoms with E-state index >= 15 is 0 Å². The van der Waals surface area contributed by atoms with Crippen LogP contribution in [0.2, 0.25) is 0 Å². The van der Waals surface area contributed by atoms with Crippen molar-refractivity contribution in [3.05, 3.63) is 6.92 Å². The molecule has 10 heavy (non-hydrogen) atoms. The fraction of sp³-hybridized carbons (Fsp3) is 0.889.